The lowest BCUT2D eigenvalue weighted by Gasteiger charge is -2.04. The van der Waals surface area contributed by atoms with Crippen molar-refractivity contribution in [2.45, 2.75) is 13.8 Å². The zero-order chi connectivity index (χ0) is 23.1. The summed E-state index contributed by atoms with van der Waals surface area (Å²) in [4.78, 5) is 17.1. The van der Waals surface area contributed by atoms with Gasteiger partial charge in [0, 0.05) is 11.3 Å². The number of benzene rings is 3. The maximum absolute atomic E-state index is 13.3. The van der Waals surface area contributed by atoms with Gasteiger partial charge in [-0.2, -0.15) is 0 Å². The maximum atomic E-state index is 13.3. The summed E-state index contributed by atoms with van der Waals surface area (Å²) in [5.41, 5.74) is 5.30. The summed E-state index contributed by atoms with van der Waals surface area (Å²) in [7, 11) is 0. The molecule has 33 heavy (non-hydrogen) atoms. The molecular formula is C26H18ClFN2O3. The van der Waals surface area contributed by atoms with Crippen molar-refractivity contribution in [3.63, 3.8) is 0 Å². The Kier molecular flexibility index (Phi) is 5.23. The van der Waals surface area contributed by atoms with Gasteiger partial charge in [0.1, 0.15) is 17.1 Å². The molecule has 0 atom stereocenters. The van der Waals surface area contributed by atoms with Gasteiger partial charge in [-0.05, 0) is 79.6 Å². The molecule has 7 heteroatoms. The predicted octanol–water partition coefficient (Wildman–Crippen LogP) is 7.42. The van der Waals surface area contributed by atoms with E-state index in [1.165, 1.54) is 23.8 Å². The highest BCUT2D eigenvalue weighted by molar-refractivity contribution is 6.33. The van der Waals surface area contributed by atoms with E-state index in [0.717, 1.165) is 11.1 Å². The second-order valence-electron chi connectivity index (χ2n) is 7.74. The molecule has 3 aromatic carbocycles. The normalized spacial score (nSPS) is 11.2. The van der Waals surface area contributed by atoms with Gasteiger partial charge < -0.3 is 14.2 Å². The van der Waals surface area contributed by atoms with E-state index in [9.17, 15) is 9.18 Å². The molecule has 0 bridgehead atoms. The number of furan rings is 1. The molecule has 0 fully saturated rings. The monoisotopic (exact) mass is 460 g/mol. The minimum atomic E-state index is -0.441. The number of halogens is 2. The number of hydrogen-bond donors (Lipinski definition) is 1. The first-order chi connectivity index (χ1) is 15.9. The number of hydrogen-bond acceptors (Lipinski definition) is 4. The average Bonchev–Trinajstić information content (AvgIpc) is 3.43. The quantitative estimate of drug-likeness (QED) is 0.303. The number of oxazole rings is 1. The molecule has 0 unspecified atom stereocenters. The van der Waals surface area contributed by atoms with Crippen LogP contribution in [0.4, 0.5) is 10.1 Å². The van der Waals surface area contributed by atoms with Crippen molar-refractivity contribution in [1.82, 2.24) is 4.98 Å². The molecule has 164 valence electrons. The molecule has 0 spiro atoms. The summed E-state index contributed by atoms with van der Waals surface area (Å²) < 4.78 is 24.9. The Labute approximate surface area is 193 Å². The molecule has 0 saturated heterocycles. The fourth-order valence-corrected chi connectivity index (χ4v) is 3.73. The molecule has 0 radical (unpaired) electrons. The first kappa shape index (κ1) is 21.0. The maximum Gasteiger partial charge on any atom is 0.291 e. The molecule has 0 aliphatic rings. The lowest BCUT2D eigenvalue weighted by molar-refractivity contribution is 0.0997. The fraction of sp³-hybridized carbons (Fsp3) is 0.0769. The average molecular weight is 461 g/mol. The van der Waals surface area contributed by atoms with Crippen LogP contribution in [-0.4, -0.2) is 10.9 Å². The van der Waals surface area contributed by atoms with Crippen LogP contribution in [0.5, 0.6) is 0 Å². The van der Waals surface area contributed by atoms with Gasteiger partial charge in [0.05, 0.1) is 10.6 Å². The molecule has 5 nitrogen and oxygen atoms in total. The number of carbonyl (C=O) groups excluding carboxylic acids is 1. The second kappa shape index (κ2) is 8.22. The molecule has 2 aromatic heterocycles. The van der Waals surface area contributed by atoms with Gasteiger partial charge in [-0.1, -0.05) is 23.7 Å². The minimum Gasteiger partial charge on any atom is -0.451 e. The number of anilines is 1. The molecule has 0 aliphatic heterocycles. The van der Waals surface area contributed by atoms with E-state index < -0.39 is 5.82 Å². The van der Waals surface area contributed by atoms with Crippen molar-refractivity contribution in [2.75, 3.05) is 5.32 Å². The number of aryl methyl sites for hydroxylation is 2. The van der Waals surface area contributed by atoms with Crippen molar-refractivity contribution in [1.29, 1.82) is 0 Å². The summed E-state index contributed by atoms with van der Waals surface area (Å²) in [5, 5.41) is 3.01. The van der Waals surface area contributed by atoms with Crippen LogP contribution in [0.15, 0.2) is 75.6 Å². The number of fused-ring (bicyclic) bond motifs is 1. The Morgan fingerprint density at radius 1 is 0.939 bits per heavy atom. The third-order valence-electron chi connectivity index (χ3n) is 5.43. The topological polar surface area (TPSA) is 68.3 Å². The van der Waals surface area contributed by atoms with E-state index >= 15 is 0 Å². The lowest BCUT2D eigenvalue weighted by Crippen LogP contribution is -2.10. The summed E-state index contributed by atoms with van der Waals surface area (Å²) >= 11 is 6.11. The van der Waals surface area contributed by atoms with Gasteiger partial charge >= 0.3 is 0 Å². The number of nitrogens with zero attached hydrogens (tertiary/aromatic N) is 1. The molecule has 5 aromatic rings. The number of rotatable bonds is 4. The Balaban J connectivity index is 1.37. The molecule has 0 aliphatic carbocycles. The lowest BCUT2D eigenvalue weighted by atomic mass is 10.1. The third kappa shape index (κ3) is 4.13. The first-order valence-corrected chi connectivity index (χ1v) is 10.6. The van der Waals surface area contributed by atoms with E-state index in [1.807, 2.05) is 32.0 Å². The second-order valence-corrected chi connectivity index (χ2v) is 8.15. The van der Waals surface area contributed by atoms with Gasteiger partial charge in [-0.25, -0.2) is 9.37 Å². The highest BCUT2D eigenvalue weighted by atomic mass is 35.5. The van der Waals surface area contributed by atoms with Gasteiger partial charge in [0.15, 0.2) is 11.3 Å². The Morgan fingerprint density at radius 2 is 1.79 bits per heavy atom. The molecule has 2 heterocycles. The van der Waals surface area contributed by atoms with Gasteiger partial charge in [-0.3, -0.25) is 4.79 Å². The highest BCUT2D eigenvalue weighted by Crippen LogP contribution is 2.31. The zero-order valence-corrected chi connectivity index (χ0v) is 18.5. The van der Waals surface area contributed by atoms with E-state index in [0.29, 0.717) is 28.1 Å². The smallest absolute Gasteiger partial charge is 0.291 e. The summed E-state index contributed by atoms with van der Waals surface area (Å²) in [6, 6.07) is 18.5. The Hall–Kier alpha value is -3.90. The van der Waals surface area contributed by atoms with E-state index in [2.05, 4.69) is 10.3 Å². The minimum absolute atomic E-state index is 0.197. The van der Waals surface area contributed by atoms with Crippen LogP contribution in [0.2, 0.25) is 5.02 Å². The van der Waals surface area contributed by atoms with Crippen LogP contribution in [0.25, 0.3) is 33.9 Å². The first-order valence-electron chi connectivity index (χ1n) is 10.2. The fourth-order valence-electron chi connectivity index (χ4n) is 3.49. The number of aromatic nitrogens is 1. The Morgan fingerprint density at radius 3 is 2.58 bits per heavy atom. The molecular weight excluding hydrogens is 443 g/mol. The van der Waals surface area contributed by atoms with Crippen LogP contribution < -0.4 is 5.32 Å². The van der Waals surface area contributed by atoms with Gasteiger partial charge in [0.25, 0.3) is 5.91 Å². The number of nitrogens with one attached hydrogen (secondary N) is 1. The standard InChI is InChI=1S/C26H18ClFN2O3/c1-14-3-4-16(11-15(14)2)22-9-10-24(32-22)25(31)29-18-6-8-23-21(13-18)30-26(33-23)19-7-5-17(28)12-20(19)27/h3-13H,1-2H3,(H,29,31). The SMILES string of the molecule is Cc1ccc(-c2ccc(C(=O)Nc3ccc4oc(-c5ccc(F)cc5Cl)nc4c3)o2)cc1C. The van der Waals surface area contributed by atoms with Crippen LogP contribution in [0, 0.1) is 19.7 Å². The summed E-state index contributed by atoms with van der Waals surface area (Å²) in [5.74, 6) is 0.263. The zero-order valence-electron chi connectivity index (χ0n) is 17.8. The molecule has 1 amide bonds. The van der Waals surface area contributed by atoms with Crippen LogP contribution in [0.3, 0.4) is 0 Å². The highest BCUT2D eigenvalue weighted by Gasteiger charge is 2.16. The number of carbonyl (C=O) groups is 1. The van der Waals surface area contributed by atoms with Gasteiger partial charge in [-0.15, -0.1) is 0 Å². The van der Waals surface area contributed by atoms with Crippen LogP contribution >= 0.6 is 11.6 Å². The van der Waals surface area contributed by atoms with E-state index in [-0.39, 0.29) is 22.6 Å². The van der Waals surface area contributed by atoms with Gasteiger partial charge in [0.2, 0.25) is 5.89 Å². The van der Waals surface area contributed by atoms with Crippen molar-refractivity contribution in [2.24, 2.45) is 0 Å². The third-order valence-corrected chi connectivity index (χ3v) is 5.74. The number of amides is 1. The Bertz CT molecular complexity index is 1520. The van der Waals surface area contributed by atoms with Crippen molar-refractivity contribution >= 4 is 34.3 Å². The van der Waals surface area contributed by atoms with E-state index in [1.54, 1.807) is 30.3 Å². The van der Waals surface area contributed by atoms with Crippen molar-refractivity contribution < 1.29 is 18.0 Å². The van der Waals surface area contributed by atoms with Crippen molar-refractivity contribution in [3.05, 3.63) is 94.5 Å². The van der Waals surface area contributed by atoms with Crippen LogP contribution in [0.1, 0.15) is 21.7 Å². The molecule has 5 rings (SSSR count). The van der Waals surface area contributed by atoms with Crippen molar-refractivity contribution in [3.8, 4) is 22.8 Å². The molecule has 1 N–H and O–H groups in total. The predicted molar refractivity (Wildman–Crippen MR) is 126 cm³/mol. The summed E-state index contributed by atoms with van der Waals surface area (Å²) in [6.07, 6.45) is 0. The largest absolute Gasteiger partial charge is 0.451 e. The molecule has 0 saturated carbocycles. The summed E-state index contributed by atoms with van der Waals surface area (Å²) in [6.45, 7) is 4.08. The van der Waals surface area contributed by atoms with E-state index in [4.69, 9.17) is 20.4 Å². The van der Waals surface area contributed by atoms with Crippen LogP contribution in [-0.2, 0) is 0 Å².